The zero-order chi connectivity index (χ0) is 20.0. The number of fused-ring (bicyclic) bond motifs is 2. The van der Waals surface area contributed by atoms with Crippen molar-refractivity contribution in [2.75, 3.05) is 4.90 Å². The molecule has 6 nitrogen and oxygen atoms in total. The molecule has 1 N–H and O–H groups in total. The fourth-order valence-electron chi connectivity index (χ4n) is 2.93. The molecule has 0 spiro atoms. The second-order valence-corrected chi connectivity index (χ2v) is 7.58. The molecule has 4 rings (SSSR count). The van der Waals surface area contributed by atoms with Crippen LogP contribution in [0, 0.1) is 11.6 Å². The van der Waals surface area contributed by atoms with Gasteiger partial charge in [-0.1, -0.05) is 11.6 Å². The zero-order valence-electron chi connectivity index (χ0n) is 14.0. The van der Waals surface area contributed by atoms with Gasteiger partial charge in [-0.25, -0.2) is 13.8 Å². The van der Waals surface area contributed by atoms with Gasteiger partial charge in [0.15, 0.2) is 17.7 Å². The summed E-state index contributed by atoms with van der Waals surface area (Å²) in [6.07, 6.45) is -1.73. The maximum atomic E-state index is 14.0. The summed E-state index contributed by atoms with van der Waals surface area (Å²) in [7, 11) is 0. The molecule has 0 saturated carbocycles. The highest BCUT2D eigenvalue weighted by Gasteiger charge is 2.36. The molecule has 1 aromatic heterocycles. The van der Waals surface area contributed by atoms with Gasteiger partial charge in [-0.3, -0.25) is 14.5 Å². The Morgan fingerprint density at radius 1 is 1.32 bits per heavy atom. The first kappa shape index (κ1) is 18.6. The normalized spacial score (nSPS) is 16.2. The Morgan fingerprint density at radius 2 is 2.11 bits per heavy atom. The summed E-state index contributed by atoms with van der Waals surface area (Å²) < 4.78 is 33.0. The molecule has 2 heterocycles. The zero-order valence-corrected chi connectivity index (χ0v) is 15.6. The third-order valence-corrected chi connectivity index (χ3v) is 5.45. The molecule has 1 amide bonds. The van der Waals surface area contributed by atoms with E-state index in [9.17, 15) is 18.4 Å². The molecule has 144 valence electrons. The molecular weight excluding hydrogens is 414 g/mol. The minimum absolute atomic E-state index is 0.0455. The molecule has 2 aromatic carbocycles. The van der Waals surface area contributed by atoms with E-state index in [-0.39, 0.29) is 16.8 Å². The molecule has 1 unspecified atom stereocenters. The number of rotatable bonds is 4. The number of carboxylic acids is 1. The molecule has 1 aliphatic rings. The topological polar surface area (TPSA) is 79.7 Å². The predicted molar refractivity (Wildman–Crippen MR) is 98.8 cm³/mol. The highest BCUT2D eigenvalue weighted by Crippen LogP contribution is 2.38. The van der Waals surface area contributed by atoms with Gasteiger partial charge < -0.3 is 9.84 Å². The molecular formula is C18H11ClF2N2O4S. The molecule has 0 aliphatic carbocycles. The molecule has 0 radical (unpaired) electrons. The summed E-state index contributed by atoms with van der Waals surface area (Å²) in [5, 5.41) is 9.76. The first-order chi connectivity index (χ1) is 13.3. The first-order valence-electron chi connectivity index (χ1n) is 8.06. The number of nitrogens with zero attached hydrogens (tertiary/aromatic N) is 2. The van der Waals surface area contributed by atoms with Crippen molar-refractivity contribution in [3.05, 3.63) is 52.0 Å². The molecule has 0 saturated heterocycles. The SMILES string of the molecule is O=C(O)CC1Oc2ccc(Cl)cc2N(Cc2nc3ccc(F)c(F)c3s2)C1=O. The third kappa shape index (κ3) is 3.27. The summed E-state index contributed by atoms with van der Waals surface area (Å²) in [5.41, 5.74) is 0.623. The molecule has 1 aliphatic heterocycles. The second-order valence-electron chi connectivity index (χ2n) is 6.06. The van der Waals surface area contributed by atoms with Gasteiger partial charge in [0.25, 0.3) is 5.91 Å². The minimum atomic E-state index is -1.21. The number of carbonyl (C=O) groups is 2. The number of benzene rings is 2. The lowest BCUT2D eigenvalue weighted by atomic mass is 10.1. The van der Waals surface area contributed by atoms with Crippen molar-refractivity contribution in [1.29, 1.82) is 0 Å². The highest BCUT2D eigenvalue weighted by molar-refractivity contribution is 7.18. The van der Waals surface area contributed by atoms with Gasteiger partial charge in [0.1, 0.15) is 10.8 Å². The number of halogens is 3. The van der Waals surface area contributed by atoms with Crippen molar-refractivity contribution in [3.63, 3.8) is 0 Å². The van der Waals surface area contributed by atoms with E-state index in [0.717, 1.165) is 17.4 Å². The molecule has 0 fully saturated rings. The van der Waals surface area contributed by atoms with Crippen LogP contribution in [0.25, 0.3) is 10.2 Å². The van der Waals surface area contributed by atoms with Crippen LogP contribution >= 0.6 is 22.9 Å². The lowest BCUT2D eigenvalue weighted by Crippen LogP contribution is -2.46. The van der Waals surface area contributed by atoms with Crippen molar-refractivity contribution < 1.29 is 28.2 Å². The highest BCUT2D eigenvalue weighted by atomic mass is 35.5. The fourth-order valence-corrected chi connectivity index (χ4v) is 4.08. The van der Waals surface area contributed by atoms with E-state index in [1.54, 1.807) is 12.1 Å². The summed E-state index contributed by atoms with van der Waals surface area (Å²) in [6, 6.07) is 6.95. The number of carboxylic acid groups (broad SMARTS) is 1. The van der Waals surface area contributed by atoms with Gasteiger partial charge in [0, 0.05) is 5.02 Å². The van der Waals surface area contributed by atoms with E-state index in [1.807, 2.05) is 0 Å². The Hall–Kier alpha value is -2.78. The standard InChI is InChI=1S/C18H11ClF2N2O4S/c19-8-1-4-12-11(5-8)23(18(26)13(27-12)6-15(24)25)7-14-22-10-3-2-9(20)16(21)17(10)28-14/h1-5,13H,6-7H2,(H,24,25). The van der Waals surface area contributed by atoms with E-state index in [0.29, 0.717) is 21.5 Å². The number of thiazole rings is 1. The lowest BCUT2D eigenvalue weighted by Gasteiger charge is -2.33. The van der Waals surface area contributed by atoms with Crippen molar-refractivity contribution in [3.8, 4) is 5.75 Å². The van der Waals surface area contributed by atoms with E-state index in [2.05, 4.69) is 4.98 Å². The summed E-state index contributed by atoms with van der Waals surface area (Å²) in [4.78, 5) is 29.4. The Bertz CT molecular complexity index is 1120. The molecule has 3 aromatic rings. The fraction of sp³-hybridized carbons (Fsp3) is 0.167. The summed E-state index contributed by atoms with van der Waals surface area (Å²) in [6.45, 7) is -0.0634. The van der Waals surface area contributed by atoms with Crippen LogP contribution in [-0.2, 0) is 16.1 Å². The second kappa shape index (κ2) is 6.99. The number of amides is 1. The van der Waals surface area contributed by atoms with Crippen molar-refractivity contribution in [2.45, 2.75) is 19.1 Å². The van der Waals surface area contributed by atoms with Crippen LogP contribution in [0.2, 0.25) is 5.02 Å². The number of ether oxygens (including phenoxy) is 1. The van der Waals surface area contributed by atoms with Gasteiger partial charge in [0.05, 0.1) is 28.9 Å². The Morgan fingerprint density at radius 3 is 2.86 bits per heavy atom. The average Bonchev–Trinajstić information content (AvgIpc) is 3.05. The van der Waals surface area contributed by atoms with Gasteiger partial charge in [0.2, 0.25) is 0 Å². The van der Waals surface area contributed by atoms with Crippen LogP contribution in [0.1, 0.15) is 11.4 Å². The van der Waals surface area contributed by atoms with Crippen LogP contribution < -0.4 is 9.64 Å². The average molecular weight is 425 g/mol. The number of hydrogen-bond acceptors (Lipinski definition) is 5. The smallest absolute Gasteiger partial charge is 0.307 e. The quantitative estimate of drug-likeness (QED) is 0.684. The third-order valence-electron chi connectivity index (χ3n) is 4.17. The van der Waals surface area contributed by atoms with Gasteiger partial charge >= 0.3 is 5.97 Å². The molecule has 28 heavy (non-hydrogen) atoms. The van der Waals surface area contributed by atoms with Crippen molar-refractivity contribution in [2.24, 2.45) is 0 Å². The van der Waals surface area contributed by atoms with E-state index in [4.69, 9.17) is 21.4 Å². The van der Waals surface area contributed by atoms with Gasteiger partial charge in [-0.15, -0.1) is 11.3 Å². The van der Waals surface area contributed by atoms with Crippen LogP contribution in [0.4, 0.5) is 14.5 Å². The van der Waals surface area contributed by atoms with Crippen LogP contribution in [0.3, 0.4) is 0 Å². The van der Waals surface area contributed by atoms with Gasteiger partial charge in [-0.2, -0.15) is 0 Å². The van der Waals surface area contributed by atoms with Crippen molar-refractivity contribution >= 4 is 50.7 Å². The van der Waals surface area contributed by atoms with Crippen LogP contribution in [0.5, 0.6) is 5.75 Å². The maximum Gasteiger partial charge on any atom is 0.307 e. The Balaban J connectivity index is 1.74. The van der Waals surface area contributed by atoms with Crippen LogP contribution in [-0.4, -0.2) is 28.1 Å². The van der Waals surface area contributed by atoms with E-state index in [1.165, 1.54) is 17.0 Å². The Labute approximate surface area is 165 Å². The van der Waals surface area contributed by atoms with Gasteiger partial charge in [-0.05, 0) is 30.3 Å². The largest absolute Gasteiger partial charge is 0.481 e. The first-order valence-corrected chi connectivity index (χ1v) is 9.25. The Kier molecular flexibility index (Phi) is 4.64. The number of aliphatic carboxylic acids is 1. The van der Waals surface area contributed by atoms with Crippen LogP contribution in [0.15, 0.2) is 30.3 Å². The minimum Gasteiger partial charge on any atom is -0.481 e. The van der Waals surface area contributed by atoms with E-state index < -0.39 is 36.0 Å². The summed E-state index contributed by atoms with van der Waals surface area (Å²) in [5.74, 6) is -3.45. The molecule has 10 heteroatoms. The number of anilines is 1. The molecule has 1 atom stereocenters. The molecule has 0 bridgehead atoms. The number of aromatic nitrogens is 1. The predicted octanol–water partition coefficient (Wildman–Crippen LogP) is 4.00. The van der Waals surface area contributed by atoms with E-state index >= 15 is 0 Å². The number of hydrogen-bond donors (Lipinski definition) is 1. The lowest BCUT2D eigenvalue weighted by molar-refractivity contribution is -0.142. The number of carbonyl (C=O) groups excluding carboxylic acids is 1. The maximum absolute atomic E-state index is 14.0. The summed E-state index contributed by atoms with van der Waals surface area (Å²) >= 11 is 6.94. The monoisotopic (exact) mass is 424 g/mol. The van der Waals surface area contributed by atoms with Crippen molar-refractivity contribution in [1.82, 2.24) is 4.98 Å².